The molecular formula is C18H22N2O. The highest BCUT2D eigenvalue weighted by atomic mass is 16.2. The Hall–Kier alpha value is -2.16. The van der Waals surface area contributed by atoms with Gasteiger partial charge in [-0.3, -0.25) is 9.78 Å². The second-order valence-corrected chi connectivity index (χ2v) is 5.57. The van der Waals surface area contributed by atoms with E-state index < -0.39 is 0 Å². The van der Waals surface area contributed by atoms with Gasteiger partial charge in [0.05, 0.1) is 0 Å². The van der Waals surface area contributed by atoms with Gasteiger partial charge in [0.25, 0.3) is 5.91 Å². The molecule has 0 fully saturated rings. The molecule has 1 heterocycles. The number of hydrogen-bond donors (Lipinski definition) is 0. The molecule has 0 N–H and O–H groups in total. The van der Waals surface area contributed by atoms with Gasteiger partial charge in [-0.25, -0.2) is 0 Å². The van der Waals surface area contributed by atoms with Crippen molar-refractivity contribution >= 4 is 5.91 Å². The molecule has 0 aliphatic carbocycles. The van der Waals surface area contributed by atoms with Gasteiger partial charge in [-0.15, -0.1) is 0 Å². The topological polar surface area (TPSA) is 33.2 Å². The predicted octanol–water partition coefficient (Wildman–Crippen LogP) is 3.52. The van der Waals surface area contributed by atoms with E-state index in [1.54, 1.807) is 17.3 Å². The Morgan fingerprint density at radius 3 is 2.48 bits per heavy atom. The molecule has 2 rings (SSSR count). The molecule has 1 aromatic carbocycles. The van der Waals surface area contributed by atoms with Crippen LogP contribution < -0.4 is 0 Å². The zero-order valence-electron chi connectivity index (χ0n) is 12.9. The molecule has 3 nitrogen and oxygen atoms in total. The van der Waals surface area contributed by atoms with Crippen molar-refractivity contribution in [3.8, 4) is 0 Å². The highest BCUT2D eigenvalue weighted by Gasteiger charge is 2.16. The van der Waals surface area contributed by atoms with E-state index in [4.69, 9.17) is 0 Å². The second kappa shape index (κ2) is 7.02. The number of aromatic nitrogens is 1. The summed E-state index contributed by atoms with van der Waals surface area (Å²) >= 11 is 0. The van der Waals surface area contributed by atoms with Gasteiger partial charge in [-0.05, 0) is 41.7 Å². The summed E-state index contributed by atoms with van der Waals surface area (Å²) in [4.78, 5) is 18.4. The molecule has 0 spiro atoms. The van der Waals surface area contributed by atoms with Gasteiger partial charge in [0.1, 0.15) is 0 Å². The molecule has 0 saturated heterocycles. The lowest BCUT2D eigenvalue weighted by Gasteiger charge is -2.20. The van der Waals surface area contributed by atoms with Gasteiger partial charge < -0.3 is 4.90 Å². The van der Waals surface area contributed by atoms with Crippen LogP contribution in [0.3, 0.4) is 0 Å². The molecule has 0 unspecified atom stereocenters. The zero-order valence-corrected chi connectivity index (χ0v) is 12.9. The van der Waals surface area contributed by atoms with E-state index >= 15 is 0 Å². The lowest BCUT2D eigenvalue weighted by Crippen LogP contribution is -2.29. The lowest BCUT2D eigenvalue weighted by molar-refractivity contribution is 0.0795. The van der Waals surface area contributed by atoms with Gasteiger partial charge >= 0.3 is 0 Å². The minimum absolute atomic E-state index is 0.0911. The number of amides is 1. The molecule has 21 heavy (non-hydrogen) atoms. The van der Waals surface area contributed by atoms with Gasteiger partial charge in [-0.2, -0.15) is 0 Å². The Morgan fingerprint density at radius 1 is 1.14 bits per heavy atom. The SMILES string of the molecule is CC(C)c1ccccc1C(=O)N(C)CCc1ccncc1. The first-order valence-electron chi connectivity index (χ1n) is 7.33. The monoisotopic (exact) mass is 282 g/mol. The average Bonchev–Trinajstić information content (AvgIpc) is 2.52. The molecule has 0 saturated carbocycles. The Labute approximate surface area is 126 Å². The molecule has 0 aliphatic rings. The number of nitrogens with zero attached hydrogens (tertiary/aromatic N) is 2. The molecule has 110 valence electrons. The van der Waals surface area contributed by atoms with Crippen molar-refractivity contribution in [2.24, 2.45) is 0 Å². The zero-order chi connectivity index (χ0) is 15.2. The fourth-order valence-corrected chi connectivity index (χ4v) is 2.35. The molecular weight excluding hydrogens is 260 g/mol. The van der Waals surface area contributed by atoms with Crippen LogP contribution in [0.5, 0.6) is 0 Å². The Kier molecular flexibility index (Phi) is 5.09. The fraction of sp³-hybridized carbons (Fsp3) is 0.333. The summed E-state index contributed by atoms with van der Waals surface area (Å²) in [7, 11) is 1.86. The van der Waals surface area contributed by atoms with Crippen LogP contribution in [0.15, 0.2) is 48.8 Å². The molecule has 3 heteroatoms. The summed E-state index contributed by atoms with van der Waals surface area (Å²) in [5.41, 5.74) is 3.12. The molecule has 0 bridgehead atoms. The van der Waals surface area contributed by atoms with Crippen molar-refractivity contribution in [2.75, 3.05) is 13.6 Å². The summed E-state index contributed by atoms with van der Waals surface area (Å²) in [6.45, 7) is 4.93. The van der Waals surface area contributed by atoms with Gasteiger partial charge in [0, 0.05) is 31.5 Å². The number of carbonyl (C=O) groups is 1. The molecule has 0 radical (unpaired) electrons. The van der Waals surface area contributed by atoms with Crippen LogP contribution in [0.25, 0.3) is 0 Å². The van der Waals surface area contributed by atoms with Crippen LogP contribution in [0.1, 0.15) is 41.3 Å². The van der Waals surface area contributed by atoms with E-state index in [1.807, 2.05) is 43.4 Å². The van der Waals surface area contributed by atoms with Crippen LogP contribution >= 0.6 is 0 Å². The number of carbonyl (C=O) groups excluding carboxylic acids is 1. The Morgan fingerprint density at radius 2 is 1.81 bits per heavy atom. The van der Waals surface area contributed by atoms with Crippen LogP contribution in [-0.4, -0.2) is 29.4 Å². The van der Waals surface area contributed by atoms with E-state index in [-0.39, 0.29) is 5.91 Å². The predicted molar refractivity (Wildman–Crippen MR) is 85.4 cm³/mol. The van der Waals surface area contributed by atoms with Gasteiger partial charge in [0.2, 0.25) is 0 Å². The summed E-state index contributed by atoms with van der Waals surface area (Å²) in [6.07, 6.45) is 4.41. The summed E-state index contributed by atoms with van der Waals surface area (Å²) in [5.74, 6) is 0.437. The number of benzene rings is 1. The van der Waals surface area contributed by atoms with Crippen molar-refractivity contribution < 1.29 is 4.79 Å². The van der Waals surface area contributed by atoms with Crippen molar-refractivity contribution in [1.82, 2.24) is 9.88 Å². The molecule has 2 aromatic rings. The van der Waals surface area contributed by atoms with Crippen molar-refractivity contribution in [3.63, 3.8) is 0 Å². The van der Waals surface area contributed by atoms with E-state index in [9.17, 15) is 4.79 Å². The maximum atomic E-state index is 12.6. The fourth-order valence-electron chi connectivity index (χ4n) is 2.35. The molecule has 0 atom stereocenters. The van der Waals surface area contributed by atoms with Gasteiger partial charge in [-0.1, -0.05) is 32.0 Å². The van der Waals surface area contributed by atoms with Gasteiger partial charge in [0.15, 0.2) is 0 Å². The van der Waals surface area contributed by atoms with Crippen LogP contribution in [0.2, 0.25) is 0 Å². The Balaban J connectivity index is 2.06. The van der Waals surface area contributed by atoms with E-state index in [0.717, 1.165) is 17.5 Å². The quantitative estimate of drug-likeness (QED) is 0.840. The first kappa shape index (κ1) is 15.2. The highest BCUT2D eigenvalue weighted by Crippen LogP contribution is 2.20. The average molecular weight is 282 g/mol. The standard InChI is InChI=1S/C18H22N2O/c1-14(2)16-6-4-5-7-17(16)18(21)20(3)13-10-15-8-11-19-12-9-15/h4-9,11-12,14H,10,13H2,1-3H3. The van der Waals surface area contributed by atoms with Crippen LogP contribution in [-0.2, 0) is 6.42 Å². The van der Waals surface area contributed by atoms with E-state index in [0.29, 0.717) is 12.5 Å². The van der Waals surface area contributed by atoms with E-state index in [2.05, 4.69) is 18.8 Å². The number of rotatable bonds is 5. The van der Waals surface area contributed by atoms with E-state index in [1.165, 1.54) is 5.56 Å². The minimum atomic E-state index is 0.0911. The number of hydrogen-bond acceptors (Lipinski definition) is 2. The summed E-state index contributed by atoms with van der Waals surface area (Å²) < 4.78 is 0. The van der Waals surface area contributed by atoms with Crippen molar-refractivity contribution in [3.05, 3.63) is 65.5 Å². The summed E-state index contributed by atoms with van der Waals surface area (Å²) in [6, 6.07) is 11.8. The normalized spacial score (nSPS) is 10.7. The number of likely N-dealkylation sites (N-methyl/N-ethyl adjacent to an activating group) is 1. The third kappa shape index (κ3) is 3.91. The van der Waals surface area contributed by atoms with Crippen molar-refractivity contribution in [2.45, 2.75) is 26.2 Å². The lowest BCUT2D eigenvalue weighted by atomic mass is 9.96. The first-order valence-corrected chi connectivity index (χ1v) is 7.33. The molecule has 1 aromatic heterocycles. The molecule has 1 amide bonds. The maximum absolute atomic E-state index is 12.6. The van der Waals surface area contributed by atoms with Crippen LogP contribution in [0, 0.1) is 0 Å². The smallest absolute Gasteiger partial charge is 0.253 e. The third-order valence-electron chi connectivity index (χ3n) is 3.65. The number of pyridine rings is 1. The Bertz CT molecular complexity index is 593. The van der Waals surface area contributed by atoms with Crippen molar-refractivity contribution in [1.29, 1.82) is 0 Å². The second-order valence-electron chi connectivity index (χ2n) is 5.57. The first-order chi connectivity index (χ1) is 10.1. The highest BCUT2D eigenvalue weighted by molar-refractivity contribution is 5.95. The minimum Gasteiger partial charge on any atom is -0.341 e. The molecule has 0 aliphatic heterocycles. The maximum Gasteiger partial charge on any atom is 0.253 e. The largest absolute Gasteiger partial charge is 0.341 e. The summed E-state index contributed by atoms with van der Waals surface area (Å²) in [5, 5.41) is 0. The van der Waals surface area contributed by atoms with Crippen LogP contribution in [0.4, 0.5) is 0 Å². The third-order valence-corrected chi connectivity index (χ3v) is 3.65.